The molecule has 0 fully saturated rings. The zero-order valence-corrected chi connectivity index (χ0v) is 16.1. The van der Waals surface area contributed by atoms with E-state index in [1.54, 1.807) is 0 Å². The molecule has 0 aliphatic rings. The fourth-order valence-corrected chi connectivity index (χ4v) is 3.06. The highest BCUT2D eigenvalue weighted by atomic mass is 16.5. The van der Waals surface area contributed by atoms with Crippen molar-refractivity contribution < 1.29 is 9.47 Å². The van der Waals surface area contributed by atoms with E-state index in [4.69, 9.17) is 9.47 Å². The smallest absolute Gasteiger partial charge is 0.119 e. The molecular weight excluding hydrogens is 308 g/mol. The molecule has 2 aromatic rings. The fraction of sp³-hybridized carbons (Fsp3) is 0.478. The number of rotatable bonds is 10. The van der Waals surface area contributed by atoms with Crippen LogP contribution in [-0.4, -0.2) is 13.2 Å². The molecule has 0 bridgehead atoms. The van der Waals surface area contributed by atoms with E-state index in [0.717, 1.165) is 44.0 Å². The lowest BCUT2D eigenvalue weighted by Crippen LogP contribution is -2.09. The summed E-state index contributed by atoms with van der Waals surface area (Å²) in [6, 6.07) is 17.2. The predicted octanol–water partition coefficient (Wildman–Crippen LogP) is 6.44. The van der Waals surface area contributed by atoms with Gasteiger partial charge in [0.25, 0.3) is 0 Å². The third-order valence-electron chi connectivity index (χ3n) is 4.38. The Morgan fingerprint density at radius 3 is 1.56 bits per heavy atom. The predicted molar refractivity (Wildman–Crippen MR) is 106 cm³/mol. The van der Waals surface area contributed by atoms with Crippen molar-refractivity contribution in [2.75, 3.05) is 13.2 Å². The molecule has 25 heavy (non-hydrogen) atoms. The third kappa shape index (κ3) is 5.81. The Bertz CT molecular complexity index is 599. The SMILES string of the molecule is CCCCOc1ccc(C(c2ccc(OCCC)cc2)C(C)C)cc1. The topological polar surface area (TPSA) is 18.5 Å². The van der Waals surface area contributed by atoms with Crippen molar-refractivity contribution in [1.82, 2.24) is 0 Å². The van der Waals surface area contributed by atoms with Crippen LogP contribution in [0.4, 0.5) is 0 Å². The minimum atomic E-state index is 0.380. The summed E-state index contributed by atoms with van der Waals surface area (Å²) in [4.78, 5) is 0. The van der Waals surface area contributed by atoms with Crippen LogP contribution >= 0.6 is 0 Å². The lowest BCUT2D eigenvalue weighted by molar-refractivity contribution is 0.309. The number of hydrogen-bond acceptors (Lipinski definition) is 2. The van der Waals surface area contributed by atoms with E-state index in [-0.39, 0.29) is 0 Å². The summed E-state index contributed by atoms with van der Waals surface area (Å²) < 4.78 is 11.5. The van der Waals surface area contributed by atoms with E-state index in [1.807, 2.05) is 0 Å². The maximum atomic E-state index is 5.78. The van der Waals surface area contributed by atoms with Crippen LogP contribution in [0.5, 0.6) is 11.5 Å². The van der Waals surface area contributed by atoms with Crippen LogP contribution in [0.25, 0.3) is 0 Å². The first kappa shape index (κ1) is 19.4. The van der Waals surface area contributed by atoms with Gasteiger partial charge in [-0.3, -0.25) is 0 Å². The highest BCUT2D eigenvalue weighted by Gasteiger charge is 2.18. The first-order chi connectivity index (χ1) is 12.2. The van der Waals surface area contributed by atoms with Crippen molar-refractivity contribution in [2.45, 2.75) is 52.9 Å². The van der Waals surface area contributed by atoms with Crippen LogP contribution in [-0.2, 0) is 0 Å². The molecule has 0 saturated heterocycles. The van der Waals surface area contributed by atoms with Crippen molar-refractivity contribution in [3.8, 4) is 11.5 Å². The van der Waals surface area contributed by atoms with Gasteiger partial charge in [-0.15, -0.1) is 0 Å². The average Bonchev–Trinajstić information content (AvgIpc) is 2.62. The second-order valence-corrected chi connectivity index (χ2v) is 6.91. The monoisotopic (exact) mass is 340 g/mol. The lowest BCUT2D eigenvalue weighted by atomic mass is 9.82. The Morgan fingerprint density at radius 2 is 1.16 bits per heavy atom. The largest absolute Gasteiger partial charge is 0.494 e. The molecule has 0 N–H and O–H groups in total. The van der Waals surface area contributed by atoms with Gasteiger partial charge in [0.15, 0.2) is 0 Å². The Kier molecular flexibility index (Phi) is 7.84. The van der Waals surface area contributed by atoms with Gasteiger partial charge >= 0.3 is 0 Å². The summed E-state index contributed by atoms with van der Waals surface area (Å²) in [5.41, 5.74) is 2.67. The summed E-state index contributed by atoms with van der Waals surface area (Å²) >= 11 is 0. The standard InChI is InChI=1S/C23H32O2/c1-5-7-17-25-22-14-10-20(11-15-22)23(18(3)4)19-8-12-21(13-9-19)24-16-6-2/h8-15,18,23H,5-7,16-17H2,1-4H3. The first-order valence-corrected chi connectivity index (χ1v) is 9.61. The molecule has 1 atom stereocenters. The van der Waals surface area contributed by atoms with Crippen LogP contribution in [0.2, 0.25) is 0 Å². The molecule has 136 valence electrons. The Morgan fingerprint density at radius 1 is 0.680 bits per heavy atom. The van der Waals surface area contributed by atoms with Gasteiger partial charge in [-0.25, -0.2) is 0 Å². The van der Waals surface area contributed by atoms with Crippen molar-refractivity contribution >= 4 is 0 Å². The lowest BCUT2D eigenvalue weighted by Gasteiger charge is -2.22. The van der Waals surface area contributed by atoms with Gasteiger partial charge in [-0.1, -0.05) is 58.4 Å². The quantitative estimate of drug-likeness (QED) is 0.463. The summed E-state index contributed by atoms with van der Waals surface area (Å²) in [5, 5.41) is 0. The van der Waals surface area contributed by atoms with E-state index in [2.05, 4.69) is 76.2 Å². The van der Waals surface area contributed by atoms with Gasteiger partial charge in [0, 0.05) is 5.92 Å². The molecule has 0 heterocycles. The average molecular weight is 341 g/mol. The van der Waals surface area contributed by atoms with Crippen molar-refractivity contribution in [2.24, 2.45) is 5.92 Å². The molecule has 0 aliphatic heterocycles. The van der Waals surface area contributed by atoms with Gasteiger partial charge in [0.1, 0.15) is 11.5 Å². The van der Waals surface area contributed by atoms with Gasteiger partial charge < -0.3 is 9.47 Å². The van der Waals surface area contributed by atoms with Gasteiger partial charge in [0.05, 0.1) is 13.2 Å². The zero-order chi connectivity index (χ0) is 18.1. The molecule has 0 amide bonds. The van der Waals surface area contributed by atoms with E-state index in [0.29, 0.717) is 11.8 Å². The van der Waals surface area contributed by atoms with Crippen LogP contribution in [0, 0.1) is 5.92 Å². The van der Waals surface area contributed by atoms with E-state index >= 15 is 0 Å². The molecule has 2 rings (SSSR count). The number of unbranched alkanes of at least 4 members (excludes halogenated alkanes) is 1. The van der Waals surface area contributed by atoms with E-state index < -0.39 is 0 Å². The molecule has 0 saturated carbocycles. The molecule has 2 nitrogen and oxygen atoms in total. The zero-order valence-electron chi connectivity index (χ0n) is 16.1. The number of hydrogen-bond donors (Lipinski definition) is 0. The fourth-order valence-electron chi connectivity index (χ4n) is 3.06. The molecule has 0 aromatic heterocycles. The third-order valence-corrected chi connectivity index (χ3v) is 4.38. The van der Waals surface area contributed by atoms with Gasteiger partial charge in [0.2, 0.25) is 0 Å². The second kappa shape index (κ2) is 10.1. The molecule has 1 unspecified atom stereocenters. The van der Waals surface area contributed by atoms with E-state index in [1.165, 1.54) is 11.1 Å². The summed E-state index contributed by atoms with van der Waals surface area (Å²) in [7, 11) is 0. The maximum Gasteiger partial charge on any atom is 0.119 e. The summed E-state index contributed by atoms with van der Waals surface area (Å²) in [6.07, 6.45) is 3.29. The second-order valence-electron chi connectivity index (χ2n) is 6.91. The Balaban J connectivity index is 2.11. The highest BCUT2D eigenvalue weighted by molar-refractivity contribution is 5.38. The molecule has 2 aromatic carbocycles. The molecular formula is C23H32O2. The summed E-state index contributed by atoms with van der Waals surface area (Å²) in [5.74, 6) is 2.81. The molecule has 2 heteroatoms. The van der Waals surface area contributed by atoms with Crippen molar-refractivity contribution in [3.05, 3.63) is 59.7 Å². The maximum absolute atomic E-state index is 5.78. The Labute approximate surface area is 153 Å². The normalized spacial score (nSPS) is 12.2. The van der Waals surface area contributed by atoms with Crippen molar-refractivity contribution in [3.63, 3.8) is 0 Å². The number of ether oxygens (including phenoxy) is 2. The van der Waals surface area contributed by atoms with Crippen LogP contribution in [0.3, 0.4) is 0 Å². The van der Waals surface area contributed by atoms with Crippen LogP contribution in [0.15, 0.2) is 48.5 Å². The minimum Gasteiger partial charge on any atom is -0.494 e. The van der Waals surface area contributed by atoms with Crippen LogP contribution in [0.1, 0.15) is 64.0 Å². The molecule has 0 aliphatic carbocycles. The van der Waals surface area contributed by atoms with Crippen molar-refractivity contribution in [1.29, 1.82) is 0 Å². The van der Waals surface area contributed by atoms with E-state index in [9.17, 15) is 0 Å². The molecule has 0 radical (unpaired) electrons. The Hall–Kier alpha value is -1.96. The number of benzene rings is 2. The highest BCUT2D eigenvalue weighted by Crippen LogP contribution is 2.33. The first-order valence-electron chi connectivity index (χ1n) is 9.61. The summed E-state index contributed by atoms with van der Waals surface area (Å²) in [6.45, 7) is 10.4. The van der Waals surface area contributed by atoms with Gasteiger partial charge in [-0.2, -0.15) is 0 Å². The van der Waals surface area contributed by atoms with Gasteiger partial charge in [-0.05, 0) is 54.2 Å². The molecule has 0 spiro atoms. The minimum absolute atomic E-state index is 0.380. The van der Waals surface area contributed by atoms with Crippen LogP contribution < -0.4 is 9.47 Å².